The van der Waals surface area contributed by atoms with Crippen LogP contribution in [0.4, 0.5) is 10.6 Å². The van der Waals surface area contributed by atoms with Crippen molar-refractivity contribution in [2.45, 2.75) is 52.2 Å². The van der Waals surface area contributed by atoms with E-state index in [4.69, 9.17) is 9.47 Å². The Morgan fingerprint density at radius 1 is 1.52 bits per heavy atom. The van der Waals surface area contributed by atoms with E-state index < -0.39 is 5.60 Å². The number of rotatable bonds is 3. The van der Waals surface area contributed by atoms with Crippen LogP contribution in [-0.4, -0.2) is 35.9 Å². The molecule has 1 aliphatic rings. The summed E-state index contributed by atoms with van der Waals surface area (Å²) in [6, 6.07) is 3.79. The van der Waals surface area contributed by atoms with Crippen LogP contribution in [0, 0.1) is 6.92 Å². The van der Waals surface area contributed by atoms with Crippen LogP contribution in [0.5, 0.6) is 0 Å². The molecule has 2 rings (SSSR count). The number of hydrogen-bond donors (Lipinski definition) is 0. The van der Waals surface area contributed by atoms with E-state index in [-0.39, 0.29) is 12.2 Å². The van der Waals surface area contributed by atoms with Gasteiger partial charge in [0.15, 0.2) is 0 Å². The topological polar surface area (TPSA) is 51.7 Å². The second kappa shape index (κ2) is 6.43. The van der Waals surface area contributed by atoms with Gasteiger partial charge in [-0.25, -0.2) is 9.78 Å². The first-order valence-electron chi connectivity index (χ1n) is 7.40. The molecule has 5 nitrogen and oxygen atoms in total. The van der Waals surface area contributed by atoms with E-state index in [0.29, 0.717) is 12.4 Å². The summed E-state index contributed by atoms with van der Waals surface area (Å²) in [5, 5.41) is 0. The van der Waals surface area contributed by atoms with E-state index in [0.717, 1.165) is 25.0 Å². The number of anilines is 1. The molecule has 1 aromatic heterocycles. The SMILES string of the molecule is Cc1ccnc(N(CC2CCCO2)C(=O)OC(C)(C)C)c1. The highest BCUT2D eigenvalue weighted by Gasteiger charge is 2.28. The van der Waals surface area contributed by atoms with E-state index in [2.05, 4.69) is 4.98 Å². The lowest BCUT2D eigenvalue weighted by Crippen LogP contribution is -2.41. The van der Waals surface area contributed by atoms with Crippen molar-refractivity contribution in [1.29, 1.82) is 0 Å². The van der Waals surface area contributed by atoms with Gasteiger partial charge in [0, 0.05) is 12.8 Å². The van der Waals surface area contributed by atoms with Gasteiger partial charge in [-0.1, -0.05) is 0 Å². The lowest BCUT2D eigenvalue weighted by atomic mass is 10.2. The van der Waals surface area contributed by atoms with Gasteiger partial charge in [0.25, 0.3) is 0 Å². The molecule has 1 atom stereocenters. The van der Waals surface area contributed by atoms with Crippen LogP contribution >= 0.6 is 0 Å². The van der Waals surface area contributed by atoms with E-state index in [1.165, 1.54) is 0 Å². The van der Waals surface area contributed by atoms with Crippen molar-refractivity contribution in [2.75, 3.05) is 18.1 Å². The molecule has 1 unspecified atom stereocenters. The number of nitrogens with zero attached hydrogens (tertiary/aromatic N) is 2. The summed E-state index contributed by atoms with van der Waals surface area (Å²) in [6.45, 7) is 8.79. The molecule has 0 aromatic carbocycles. The van der Waals surface area contributed by atoms with Crippen molar-refractivity contribution in [3.63, 3.8) is 0 Å². The predicted molar refractivity (Wildman–Crippen MR) is 81.5 cm³/mol. The summed E-state index contributed by atoms with van der Waals surface area (Å²) in [7, 11) is 0. The first kappa shape index (κ1) is 15.8. The van der Waals surface area contributed by atoms with Crippen molar-refractivity contribution in [3.8, 4) is 0 Å². The number of aromatic nitrogens is 1. The number of hydrogen-bond acceptors (Lipinski definition) is 4. The average Bonchev–Trinajstić information content (AvgIpc) is 2.86. The fourth-order valence-electron chi connectivity index (χ4n) is 2.24. The summed E-state index contributed by atoms with van der Waals surface area (Å²) in [4.78, 5) is 18.3. The fourth-order valence-corrected chi connectivity index (χ4v) is 2.24. The molecule has 0 radical (unpaired) electrons. The molecule has 0 saturated carbocycles. The number of amides is 1. The summed E-state index contributed by atoms with van der Waals surface area (Å²) in [6.07, 6.45) is 3.38. The standard InChI is InChI=1S/C16H24N2O3/c1-12-7-8-17-14(10-12)18(11-13-6-5-9-20-13)15(19)21-16(2,3)4/h7-8,10,13H,5-6,9,11H2,1-4H3. The summed E-state index contributed by atoms with van der Waals surface area (Å²) in [5.41, 5.74) is 0.524. The molecule has 2 heterocycles. The zero-order chi connectivity index (χ0) is 15.5. The molecule has 21 heavy (non-hydrogen) atoms. The molecular formula is C16H24N2O3. The van der Waals surface area contributed by atoms with Crippen LogP contribution < -0.4 is 4.90 Å². The Balaban J connectivity index is 2.18. The minimum Gasteiger partial charge on any atom is -0.443 e. The van der Waals surface area contributed by atoms with Crippen molar-refractivity contribution < 1.29 is 14.3 Å². The Morgan fingerprint density at radius 3 is 2.86 bits per heavy atom. The second-order valence-electron chi connectivity index (χ2n) is 6.42. The Bertz CT molecular complexity index is 491. The number of carbonyl (C=O) groups is 1. The molecule has 5 heteroatoms. The van der Waals surface area contributed by atoms with Gasteiger partial charge < -0.3 is 9.47 Å². The minimum absolute atomic E-state index is 0.0554. The van der Waals surface area contributed by atoms with Gasteiger partial charge in [0.05, 0.1) is 12.6 Å². The monoisotopic (exact) mass is 292 g/mol. The predicted octanol–water partition coefficient (Wildman–Crippen LogP) is 3.31. The van der Waals surface area contributed by atoms with Gasteiger partial charge in [-0.05, 0) is 58.2 Å². The Kier molecular flexibility index (Phi) is 4.83. The summed E-state index contributed by atoms with van der Waals surface area (Å²) in [5.74, 6) is 0.611. The normalized spacial score (nSPS) is 18.6. The maximum Gasteiger partial charge on any atom is 0.416 e. The lowest BCUT2D eigenvalue weighted by Gasteiger charge is -2.28. The number of pyridine rings is 1. The molecule has 0 bridgehead atoms. The fraction of sp³-hybridized carbons (Fsp3) is 0.625. The second-order valence-corrected chi connectivity index (χ2v) is 6.42. The molecule has 0 spiro atoms. The average molecular weight is 292 g/mol. The maximum absolute atomic E-state index is 12.5. The van der Waals surface area contributed by atoms with Crippen LogP contribution in [0.2, 0.25) is 0 Å². The van der Waals surface area contributed by atoms with Gasteiger partial charge >= 0.3 is 6.09 Å². The van der Waals surface area contributed by atoms with Crippen LogP contribution in [0.3, 0.4) is 0 Å². The van der Waals surface area contributed by atoms with E-state index in [9.17, 15) is 4.79 Å². The third-order valence-corrected chi connectivity index (χ3v) is 3.20. The van der Waals surface area contributed by atoms with Crippen molar-refractivity contribution in [1.82, 2.24) is 4.98 Å². The van der Waals surface area contributed by atoms with Crippen LogP contribution in [0.15, 0.2) is 18.3 Å². The zero-order valence-electron chi connectivity index (χ0n) is 13.3. The molecule has 1 aromatic rings. The van der Waals surface area contributed by atoms with Gasteiger partial charge in [-0.15, -0.1) is 0 Å². The van der Waals surface area contributed by atoms with Gasteiger partial charge in [-0.3, -0.25) is 4.90 Å². The Labute approximate surface area is 126 Å². The van der Waals surface area contributed by atoms with E-state index >= 15 is 0 Å². The molecule has 1 saturated heterocycles. The van der Waals surface area contributed by atoms with Crippen LogP contribution in [0.1, 0.15) is 39.2 Å². The zero-order valence-corrected chi connectivity index (χ0v) is 13.3. The highest BCUT2D eigenvalue weighted by atomic mass is 16.6. The van der Waals surface area contributed by atoms with E-state index in [1.807, 2.05) is 39.8 Å². The van der Waals surface area contributed by atoms with Crippen molar-refractivity contribution >= 4 is 11.9 Å². The molecule has 1 amide bonds. The highest BCUT2D eigenvalue weighted by molar-refractivity contribution is 5.86. The number of ether oxygens (including phenoxy) is 2. The lowest BCUT2D eigenvalue weighted by molar-refractivity contribution is 0.0537. The first-order valence-corrected chi connectivity index (χ1v) is 7.40. The third kappa shape index (κ3) is 4.70. The van der Waals surface area contributed by atoms with Gasteiger partial charge in [0.2, 0.25) is 0 Å². The Hall–Kier alpha value is -1.62. The summed E-state index contributed by atoms with van der Waals surface area (Å²) >= 11 is 0. The molecule has 0 aliphatic carbocycles. The quantitative estimate of drug-likeness (QED) is 0.857. The smallest absolute Gasteiger partial charge is 0.416 e. The largest absolute Gasteiger partial charge is 0.443 e. The van der Waals surface area contributed by atoms with Gasteiger partial charge in [-0.2, -0.15) is 0 Å². The summed E-state index contributed by atoms with van der Waals surface area (Å²) < 4.78 is 11.1. The van der Waals surface area contributed by atoms with Gasteiger partial charge in [0.1, 0.15) is 11.4 Å². The third-order valence-electron chi connectivity index (χ3n) is 3.20. The number of aryl methyl sites for hydroxylation is 1. The molecular weight excluding hydrogens is 268 g/mol. The van der Waals surface area contributed by atoms with E-state index in [1.54, 1.807) is 11.1 Å². The molecule has 0 N–H and O–H groups in total. The van der Waals surface area contributed by atoms with Crippen molar-refractivity contribution in [3.05, 3.63) is 23.9 Å². The Morgan fingerprint density at radius 2 is 2.29 bits per heavy atom. The van der Waals surface area contributed by atoms with Crippen LogP contribution in [0.25, 0.3) is 0 Å². The number of carbonyl (C=O) groups excluding carboxylic acids is 1. The first-order chi connectivity index (χ1) is 9.85. The highest BCUT2D eigenvalue weighted by Crippen LogP contribution is 2.21. The molecule has 1 fully saturated rings. The van der Waals surface area contributed by atoms with Crippen molar-refractivity contribution in [2.24, 2.45) is 0 Å². The minimum atomic E-state index is -0.532. The maximum atomic E-state index is 12.5. The molecule has 116 valence electrons. The molecule has 1 aliphatic heterocycles. The van der Waals surface area contributed by atoms with Crippen LogP contribution in [-0.2, 0) is 9.47 Å².